The molecule has 94 valence electrons. The van der Waals surface area contributed by atoms with Crippen LogP contribution in [0.3, 0.4) is 0 Å². The van der Waals surface area contributed by atoms with Crippen molar-refractivity contribution in [2.24, 2.45) is 0 Å². The molecular formula is C12H14BrCl2NO. The Morgan fingerprint density at radius 3 is 2.47 bits per heavy atom. The van der Waals surface area contributed by atoms with Crippen LogP contribution in [0.5, 0.6) is 0 Å². The van der Waals surface area contributed by atoms with Gasteiger partial charge < -0.3 is 4.90 Å². The Labute approximate surface area is 120 Å². The summed E-state index contributed by atoms with van der Waals surface area (Å²) in [7, 11) is 0. The predicted molar refractivity (Wildman–Crippen MR) is 75.7 cm³/mol. The molecule has 17 heavy (non-hydrogen) atoms. The van der Waals surface area contributed by atoms with E-state index in [2.05, 4.69) is 15.9 Å². The van der Waals surface area contributed by atoms with E-state index in [-0.39, 0.29) is 5.91 Å². The van der Waals surface area contributed by atoms with Gasteiger partial charge in [0.2, 0.25) is 5.91 Å². The Hall–Kier alpha value is -0.250. The van der Waals surface area contributed by atoms with Crippen molar-refractivity contribution >= 4 is 45.0 Å². The van der Waals surface area contributed by atoms with Crippen LogP contribution in [-0.4, -0.2) is 23.9 Å². The van der Waals surface area contributed by atoms with Gasteiger partial charge >= 0.3 is 0 Å². The zero-order valence-electron chi connectivity index (χ0n) is 9.71. The minimum atomic E-state index is -0.663. The molecule has 0 spiro atoms. The molecule has 1 amide bonds. The molecule has 0 aromatic heterocycles. The van der Waals surface area contributed by atoms with E-state index >= 15 is 0 Å². The van der Waals surface area contributed by atoms with E-state index in [0.29, 0.717) is 18.1 Å². The molecule has 1 unspecified atom stereocenters. The molecule has 0 aliphatic carbocycles. The molecule has 0 radical (unpaired) electrons. The van der Waals surface area contributed by atoms with Gasteiger partial charge in [0.15, 0.2) is 0 Å². The standard InChI is InChI=1S/C12H14BrCl2NO/c1-3-16(4-2)12(17)11(15)8-5-6-10(14)9(13)7-8/h5-7,11H,3-4H2,1-2H3. The van der Waals surface area contributed by atoms with Gasteiger partial charge in [0, 0.05) is 17.6 Å². The van der Waals surface area contributed by atoms with Gasteiger partial charge in [-0.25, -0.2) is 0 Å². The Morgan fingerprint density at radius 2 is 2.00 bits per heavy atom. The Morgan fingerprint density at radius 1 is 1.41 bits per heavy atom. The number of alkyl halides is 1. The summed E-state index contributed by atoms with van der Waals surface area (Å²) >= 11 is 15.4. The number of rotatable bonds is 4. The molecule has 1 rings (SSSR count). The predicted octanol–water partition coefficient (Wildman–Crippen LogP) is 4.25. The smallest absolute Gasteiger partial charge is 0.245 e. The Kier molecular flexibility index (Phi) is 5.77. The molecule has 0 fully saturated rings. The summed E-state index contributed by atoms with van der Waals surface area (Å²) in [4.78, 5) is 13.8. The Bertz CT molecular complexity index is 407. The third kappa shape index (κ3) is 3.60. The minimum absolute atomic E-state index is 0.0779. The first kappa shape index (κ1) is 14.8. The van der Waals surface area contributed by atoms with Gasteiger partial charge in [-0.15, -0.1) is 11.6 Å². The molecular weight excluding hydrogens is 325 g/mol. The topological polar surface area (TPSA) is 20.3 Å². The molecule has 0 saturated heterocycles. The van der Waals surface area contributed by atoms with Gasteiger partial charge in [-0.05, 0) is 47.5 Å². The zero-order chi connectivity index (χ0) is 13.0. The number of amides is 1. The van der Waals surface area contributed by atoms with Crippen LogP contribution in [0.1, 0.15) is 24.8 Å². The lowest BCUT2D eigenvalue weighted by atomic mass is 10.1. The van der Waals surface area contributed by atoms with E-state index < -0.39 is 5.38 Å². The van der Waals surface area contributed by atoms with Crippen molar-refractivity contribution in [3.05, 3.63) is 33.3 Å². The van der Waals surface area contributed by atoms with E-state index in [9.17, 15) is 4.79 Å². The molecule has 0 N–H and O–H groups in total. The molecule has 1 aromatic carbocycles. The zero-order valence-corrected chi connectivity index (χ0v) is 12.8. The fraction of sp³-hybridized carbons (Fsp3) is 0.417. The SMILES string of the molecule is CCN(CC)C(=O)C(Cl)c1ccc(Cl)c(Br)c1. The molecule has 0 aliphatic rings. The summed E-state index contributed by atoms with van der Waals surface area (Å²) in [5, 5.41) is -0.0589. The highest BCUT2D eigenvalue weighted by Crippen LogP contribution is 2.29. The molecule has 0 saturated carbocycles. The number of hydrogen-bond donors (Lipinski definition) is 0. The lowest BCUT2D eigenvalue weighted by Gasteiger charge is -2.22. The van der Waals surface area contributed by atoms with Gasteiger partial charge in [0.1, 0.15) is 5.38 Å². The van der Waals surface area contributed by atoms with Crippen molar-refractivity contribution in [3.63, 3.8) is 0 Å². The third-order valence-electron chi connectivity index (χ3n) is 2.53. The van der Waals surface area contributed by atoms with Crippen LogP contribution >= 0.6 is 39.1 Å². The summed E-state index contributed by atoms with van der Waals surface area (Å²) < 4.78 is 0.745. The molecule has 0 bridgehead atoms. The number of carbonyl (C=O) groups excluding carboxylic acids is 1. The maximum atomic E-state index is 12.0. The number of carbonyl (C=O) groups is 1. The first-order valence-electron chi connectivity index (χ1n) is 5.39. The lowest BCUT2D eigenvalue weighted by molar-refractivity contribution is -0.130. The molecule has 1 aromatic rings. The molecule has 2 nitrogen and oxygen atoms in total. The van der Waals surface area contributed by atoms with E-state index in [1.165, 1.54) is 0 Å². The van der Waals surface area contributed by atoms with E-state index in [1.54, 1.807) is 23.1 Å². The van der Waals surface area contributed by atoms with E-state index in [1.807, 2.05) is 13.8 Å². The number of halogens is 3. The highest BCUT2D eigenvalue weighted by atomic mass is 79.9. The summed E-state index contributed by atoms with van der Waals surface area (Å²) in [6, 6.07) is 5.28. The van der Waals surface area contributed by atoms with E-state index in [4.69, 9.17) is 23.2 Å². The highest BCUT2D eigenvalue weighted by molar-refractivity contribution is 9.10. The van der Waals surface area contributed by atoms with Crippen molar-refractivity contribution in [3.8, 4) is 0 Å². The summed E-state index contributed by atoms with van der Waals surface area (Å²) in [5.41, 5.74) is 0.750. The van der Waals surface area contributed by atoms with Gasteiger partial charge in [-0.3, -0.25) is 4.79 Å². The number of benzene rings is 1. The second-order valence-corrected chi connectivity index (χ2v) is 5.24. The minimum Gasteiger partial charge on any atom is -0.342 e. The van der Waals surface area contributed by atoms with E-state index in [0.717, 1.165) is 10.0 Å². The number of likely N-dealkylation sites (N-methyl/N-ethyl adjacent to an activating group) is 1. The maximum Gasteiger partial charge on any atom is 0.245 e. The van der Waals surface area contributed by atoms with Crippen LogP contribution < -0.4 is 0 Å². The monoisotopic (exact) mass is 337 g/mol. The fourth-order valence-electron chi connectivity index (χ4n) is 1.51. The van der Waals surface area contributed by atoms with Crippen molar-refractivity contribution in [2.75, 3.05) is 13.1 Å². The first-order valence-corrected chi connectivity index (χ1v) is 6.99. The van der Waals surface area contributed by atoms with Gasteiger partial charge in [0.05, 0.1) is 5.02 Å². The second-order valence-electron chi connectivity index (χ2n) is 3.55. The van der Waals surface area contributed by atoms with Crippen molar-refractivity contribution in [2.45, 2.75) is 19.2 Å². The summed E-state index contributed by atoms with van der Waals surface area (Å²) in [6.45, 7) is 5.19. The van der Waals surface area contributed by atoms with Crippen molar-refractivity contribution < 1.29 is 4.79 Å². The van der Waals surface area contributed by atoms with Gasteiger partial charge in [-0.2, -0.15) is 0 Å². The largest absolute Gasteiger partial charge is 0.342 e. The Balaban J connectivity index is 2.92. The van der Waals surface area contributed by atoms with Crippen LogP contribution in [0.15, 0.2) is 22.7 Å². The van der Waals surface area contributed by atoms with Crippen molar-refractivity contribution in [1.82, 2.24) is 4.90 Å². The normalized spacial score (nSPS) is 12.3. The van der Waals surface area contributed by atoms with Crippen LogP contribution in [-0.2, 0) is 4.79 Å². The molecule has 5 heteroatoms. The average molecular weight is 339 g/mol. The fourth-order valence-corrected chi connectivity index (χ4v) is 2.30. The third-order valence-corrected chi connectivity index (χ3v) is 4.18. The molecule has 1 atom stereocenters. The average Bonchev–Trinajstić information content (AvgIpc) is 2.33. The number of nitrogens with zero attached hydrogens (tertiary/aromatic N) is 1. The van der Waals surface area contributed by atoms with Crippen LogP contribution in [0.25, 0.3) is 0 Å². The number of hydrogen-bond acceptors (Lipinski definition) is 1. The quantitative estimate of drug-likeness (QED) is 0.751. The summed E-state index contributed by atoms with van der Waals surface area (Å²) in [5.74, 6) is -0.0779. The van der Waals surface area contributed by atoms with Gasteiger partial charge in [0.25, 0.3) is 0 Å². The molecule has 0 heterocycles. The lowest BCUT2D eigenvalue weighted by Crippen LogP contribution is -2.33. The highest BCUT2D eigenvalue weighted by Gasteiger charge is 2.22. The van der Waals surface area contributed by atoms with Crippen LogP contribution in [0, 0.1) is 0 Å². The first-order chi connectivity index (χ1) is 8.01. The van der Waals surface area contributed by atoms with Crippen LogP contribution in [0.2, 0.25) is 5.02 Å². The summed E-state index contributed by atoms with van der Waals surface area (Å²) in [6.07, 6.45) is 0. The second kappa shape index (κ2) is 6.62. The van der Waals surface area contributed by atoms with Gasteiger partial charge in [-0.1, -0.05) is 17.7 Å². The maximum absolute atomic E-state index is 12.0. The molecule has 0 aliphatic heterocycles. The van der Waals surface area contributed by atoms with Crippen LogP contribution in [0.4, 0.5) is 0 Å². The van der Waals surface area contributed by atoms with Crippen molar-refractivity contribution in [1.29, 1.82) is 0 Å².